The maximum absolute atomic E-state index is 10.9. The minimum Gasteiger partial charge on any atom is -0.478 e. The van der Waals surface area contributed by atoms with Gasteiger partial charge in [-0.3, -0.25) is 0 Å². The van der Waals surface area contributed by atoms with Crippen LogP contribution in [0.2, 0.25) is 0 Å². The monoisotopic (exact) mass is 306 g/mol. The molecule has 0 aromatic heterocycles. The lowest BCUT2D eigenvalue weighted by atomic mass is 9.85. The second-order valence-corrected chi connectivity index (χ2v) is 6.28. The van der Waals surface area contributed by atoms with E-state index >= 15 is 0 Å². The number of hydrogen-bond acceptors (Lipinski definition) is 1. The number of carboxylic acids is 1. The van der Waals surface area contributed by atoms with Gasteiger partial charge in [0.2, 0.25) is 0 Å². The van der Waals surface area contributed by atoms with Crippen molar-refractivity contribution in [1.29, 1.82) is 0 Å². The Hall–Kier alpha value is -2.35. The molecule has 1 aliphatic rings. The first kappa shape index (κ1) is 15.5. The van der Waals surface area contributed by atoms with E-state index in [1.807, 2.05) is 12.1 Å². The smallest absolute Gasteiger partial charge is 0.331 e. The Labute approximate surface area is 137 Å². The van der Waals surface area contributed by atoms with E-state index in [1.54, 1.807) is 0 Å². The van der Waals surface area contributed by atoms with Gasteiger partial charge in [0, 0.05) is 5.57 Å². The van der Waals surface area contributed by atoms with Crippen molar-refractivity contribution in [1.82, 2.24) is 0 Å². The average Bonchev–Trinajstić information content (AvgIpc) is 2.61. The Balaban J connectivity index is 1.55. The highest BCUT2D eigenvalue weighted by Gasteiger charge is 2.17. The molecule has 0 heterocycles. The SMILES string of the molecule is O=C(O)C1=CCC(CCc2ccc(-c3ccccc3)cc2)CC1. The zero-order chi connectivity index (χ0) is 16.1. The molecule has 1 unspecified atom stereocenters. The first-order valence-electron chi connectivity index (χ1n) is 8.29. The van der Waals surface area contributed by atoms with Crippen LogP contribution in [-0.4, -0.2) is 11.1 Å². The molecule has 0 saturated heterocycles. The molecule has 118 valence electrons. The predicted octanol–water partition coefficient (Wildman–Crippen LogP) is 5.10. The molecule has 2 aromatic rings. The van der Waals surface area contributed by atoms with Gasteiger partial charge in [0.05, 0.1) is 0 Å². The number of hydrogen-bond donors (Lipinski definition) is 1. The summed E-state index contributed by atoms with van der Waals surface area (Å²) < 4.78 is 0. The van der Waals surface area contributed by atoms with Gasteiger partial charge < -0.3 is 5.11 Å². The summed E-state index contributed by atoms with van der Waals surface area (Å²) in [5.74, 6) is -0.133. The Morgan fingerprint density at radius 1 is 1.00 bits per heavy atom. The summed E-state index contributed by atoms with van der Waals surface area (Å²) in [6, 6.07) is 19.2. The highest BCUT2D eigenvalue weighted by Crippen LogP contribution is 2.28. The summed E-state index contributed by atoms with van der Waals surface area (Å²) in [5, 5.41) is 8.98. The van der Waals surface area contributed by atoms with Crippen molar-refractivity contribution in [3.8, 4) is 11.1 Å². The second-order valence-electron chi connectivity index (χ2n) is 6.28. The van der Waals surface area contributed by atoms with E-state index in [2.05, 4.69) is 48.5 Å². The van der Waals surface area contributed by atoms with Crippen LogP contribution >= 0.6 is 0 Å². The van der Waals surface area contributed by atoms with Crippen LogP contribution in [0.1, 0.15) is 31.2 Å². The van der Waals surface area contributed by atoms with Gasteiger partial charge in [-0.25, -0.2) is 4.79 Å². The van der Waals surface area contributed by atoms with Gasteiger partial charge in [0.1, 0.15) is 0 Å². The molecule has 3 rings (SSSR count). The number of carboxylic acid groups (broad SMARTS) is 1. The molecule has 2 heteroatoms. The standard InChI is InChI=1S/C21H22O2/c22-21(23)20-14-10-17(11-15-20)7-6-16-8-12-19(13-9-16)18-4-2-1-3-5-18/h1-5,8-9,12-14,17H,6-7,10-11,15H2,(H,22,23). The molecule has 0 amide bonds. The van der Waals surface area contributed by atoms with Gasteiger partial charge >= 0.3 is 5.97 Å². The van der Waals surface area contributed by atoms with E-state index in [-0.39, 0.29) is 0 Å². The third-order valence-electron chi connectivity index (χ3n) is 4.70. The molecule has 0 bridgehead atoms. The van der Waals surface area contributed by atoms with Crippen LogP contribution in [0.25, 0.3) is 11.1 Å². The summed E-state index contributed by atoms with van der Waals surface area (Å²) in [5.41, 5.74) is 4.45. The number of aliphatic carboxylic acids is 1. The van der Waals surface area contributed by atoms with E-state index in [0.717, 1.165) is 25.7 Å². The lowest BCUT2D eigenvalue weighted by Crippen LogP contribution is -2.11. The van der Waals surface area contributed by atoms with Gasteiger partial charge in [0.25, 0.3) is 0 Å². The van der Waals surface area contributed by atoms with Crippen LogP contribution in [0.3, 0.4) is 0 Å². The van der Waals surface area contributed by atoms with Crippen molar-refractivity contribution in [3.63, 3.8) is 0 Å². The highest BCUT2D eigenvalue weighted by molar-refractivity contribution is 5.86. The van der Waals surface area contributed by atoms with E-state index in [0.29, 0.717) is 17.9 Å². The molecule has 0 radical (unpaired) electrons. The first-order valence-corrected chi connectivity index (χ1v) is 8.29. The predicted molar refractivity (Wildman–Crippen MR) is 93.3 cm³/mol. The molecule has 0 fully saturated rings. The Morgan fingerprint density at radius 3 is 2.30 bits per heavy atom. The zero-order valence-corrected chi connectivity index (χ0v) is 13.2. The molecule has 1 aliphatic carbocycles. The largest absolute Gasteiger partial charge is 0.478 e. The van der Waals surface area contributed by atoms with Crippen LogP contribution in [0.5, 0.6) is 0 Å². The number of carbonyl (C=O) groups is 1. The molecular formula is C21H22O2. The molecule has 0 saturated carbocycles. The molecular weight excluding hydrogens is 284 g/mol. The Kier molecular flexibility index (Phi) is 4.92. The van der Waals surface area contributed by atoms with Crippen molar-refractivity contribution >= 4 is 5.97 Å². The maximum Gasteiger partial charge on any atom is 0.331 e. The first-order chi connectivity index (χ1) is 11.2. The molecule has 2 nitrogen and oxygen atoms in total. The van der Waals surface area contributed by atoms with E-state index in [1.165, 1.54) is 16.7 Å². The maximum atomic E-state index is 10.9. The lowest BCUT2D eigenvalue weighted by Gasteiger charge is -2.20. The van der Waals surface area contributed by atoms with Crippen LogP contribution in [0, 0.1) is 5.92 Å². The zero-order valence-electron chi connectivity index (χ0n) is 13.2. The van der Waals surface area contributed by atoms with Gasteiger partial charge in [-0.1, -0.05) is 60.7 Å². The Morgan fingerprint density at radius 2 is 1.70 bits per heavy atom. The van der Waals surface area contributed by atoms with Crippen LogP contribution in [0.15, 0.2) is 66.2 Å². The molecule has 1 atom stereocenters. The summed E-state index contributed by atoms with van der Waals surface area (Å²) in [4.78, 5) is 10.9. The highest BCUT2D eigenvalue weighted by atomic mass is 16.4. The molecule has 23 heavy (non-hydrogen) atoms. The molecule has 0 aliphatic heterocycles. The van der Waals surface area contributed by atoms with E-state index < -0.39 is 5.97 Å². The third-order valence-corrected chi connectivity index (χ3v) is 4.70. The normalized spacial score (nSPS) is 17.6. The Bertz CT molecular complexity index is 684. The minimum atomic E-state index is -0.750. The van der Waals surface area contributed by atoms with Gasteiger partial charge in [0.15, 0.2) is 0 Å². The van der Waals surface area contributed by atoms with Crippen LogP contribution in [-0.2, 0) is 11.2 Å². The third kappa shape index (κ3) is 4.10. The summed E-state index contributed by atoms with van der Waals surface area (Å²) in [7, 11) is 0. The van der Waals surface area contributed by atoms with Gasteiger partial charge in [-0.15, -0.1) is 0 Å². The van der Waals surface area contributed by atoms with Gasteiger partial charge in [-0.2, -0.15) is 0 Å². The van der Waals surface area contributed by atoms with Crippen LogP contribution in [0.4, 0.5) is 0 Å². The van der Waals surface area contributed by atoms with Crippen molar-refractivity contribution < 1.29 is 9.90 Å². The number of rotatable bonds is 5. The van der Waals surface area contributed by atoms with Crippen molar-refractivity contribution in [2.24, 2.45) is 5.92 Å². The average molecular weight is 306 g/mol. The summed E-state index contributed by atoms with van der Waals surface area (Å²) in [6.07, 6.45) is 6.73. The summed E-state index contributed by atoms with van der Waals surface area (Å²) >= 11 is 0. The number of benzene rings is 2. The topological polar surface area (TPSA) is 37.3 Å². The minimum absolute atomic E-state index is 0.591. The van der Waals surface area contributed by atoms with E-state index in [4.69, 9.17) is 5.11 Å². The fourth-order valence-electron chi connectivity index (χ4n) is 3.21. The van der Waals surface area contributed by atoms with Crippen molar-refractivity contribution in [3.05, 3.63) is 71.8 Å². The molecule has 1 N–H and O–H groups in total. The number of allylic oxidation sites excluding steroid dienone is 1. The number of aryl methyl sites for hydroxylation is 1. The van der Waals surface area contributed by atoms with Crippen molar-refractivity contribution in [2.45, 2.75) is 32.1 Å². The molecule has 0 spiro atoms. The fraction of sp³-hybridized carbons (Fsp3) is 0.286. The van der Waals surface area contributed by atoms with Crippen LogP contribution < -0.4 is 0 Å². The van der Waals surface area contributed by atoms with Crippen molar-refractivity contribution in [2.75, 3.05) is 0 Å². The second kappa shape index (κ2) is 7.28. The summed E-state index contributed by atoms with van der Waals surface area (Å²) in [6.45, 7) is 0. The van der Waals surface area contributed by atoms with Gasteiger partial charge in [-0.05, 0) is 54.7 Å². The van der Waals surface area contributed by atoms with E-state index in [9.17, 15) is 4.79 Å². The lowest BCUT2D eigenvalue weighted by molar-refractivity contribution is -0.132. The quantitative estimate of drug-likeness (QED) is 0.834. The fourth-order valence-corrected chi connectivity index (χ4v) is 3.21. The molecule has 2 aromatic carbocycles.